The molecule has 0 amide bonds. The zero-order valence-electron chi connectivity index (χ0n) is 10.3. The minimum Gasteiger partial charge on any atom is -0.392 e. The fourth-order valence-electron chi connectivity index (χ4n) is 2.22. The number of rotatable bonds is 6. The van der Waals surface area contributed by atoms with Gasteiger partial charge in [-0.2, -0.15) is 0 Å². The van der Waals surface area contributed by atoms with E-state index in [1.807, 2.05) is 6.92 Å². The zero-order chi connectivity index (χ0) is 11.3. The van der Waals surface area contributed by atoms with Gasteiger partial charge in [-0.3, -0.25) is 4.90 Å². The van der Waals surface area contributed by atoms with Crippen molar-refractivity contribution < 1.29 is 9.84 Å². The van der Waals surface area contributed by atoms with E-state index in [1.165, 1.54) is 12.8 Å². The highest BCUT2D eigenvalue weighted by atomic mass is 16.5. The molecule has 1 fully saturated rings. The van der Waals surface area contributed by atoms with Crippen molar-refractivity contribution in [2.45, 2.75) is 58.3 Å². The number of aliphatic hydroxyl groups is 1. The molecule has 15 heavy (non-hydrogen) atoms. The Morgan fingerprint density at radius 1 is 1.47 bits per heavy atom. The van der Waals surface area contributed by atoms with Gasteiger partial charge in [-0.15, -0.1) is 0 Å². The first-order valence-corrected chi connectivity index (χ1v) is 6.22. The molecule has 0 saturated carbocycles. The van der Waals surface area contributed by atoms with E-state index < -0.39 is 0 Å². The van der Waals surface area contributed by atoms with Gasteiger partial charge >= 0.3 is 0 Å². The topological polar surface area (TPSA) is 32.7 Å². The molecule has 3 unspecified atom stereocenters. The van der Waals surface area contributed by atoms with E-state index in [9.17, 15) is 5.11 Å². The van der Waals surface area contributed by atoms with Gasteiger partial charge in [0.2, 0.25) is 0 Å². The first-order valence-electron chi connectivity index (χ1n) is 6.22. The first-order chi connectivity index (χ1) is 7.19. The summed E-state index contributed by atoms with van der Waals surface area (Å²) in [5.74, 6) is 0. The number of hydrogen-bond acceptors (Lipinski definition) is 3. The summed E-state index contributed by atoms with van der Waals surface area (Å²) in [4.78, 5) is 2.32. The Balaban J connectivity index is 2.39. The molecule has 0 radical (unpaired) electrons. The summed E-state index contributed by atoms with van der Waals surface area (Å²) in [5, 5.41) is 9.82. The molecule has 3 heteroatoms. The van der Waals surface area contributed by atoms with Crippen LogP contribution in [-0.4, -0.2) is 48.0 Å². The van der Waals surface area contributed by atoms with E-state index in [0.29, 0.717) is 6.10 Å². The van der Waals surface area contributed by atoms with Gasteiger partial charge in [-0.05, 0) is 32.7 Å². The van der Waals surface area contributed by atoms with E-state index >= 15 is 0 Å². The Bertz CT molecular complexity index is 169. The lowest BCUT2D eigenvalue weighted by Crippen LogP contribution is -2.44. The Hall–Kier alpha value is -0.120. The van der Waals surface area contributed by atoms with Gasteiger partial charge in [0.15, 0.2) is 0 Å². The van der Waals surface area contributed by atoms with E-state index in [2.05, 4.69) is 18.7 Å². The second-order valence-electron chi connectivity index (χ2n) is 4.44. The minimum absolute atomic E-state index is 0.216. The molecule has 1 saturated heterocycles. The fraction of sp³-hybridized carbons (Fsp3) is 1.00. The van der Waals surface area contributed by atoms with Crippen LogP contribution in [0.15, 0.2) is 0 Å². The fourth-order valence-corrected chi connectivity index (χ4v) is 2.22. The highest BCUT2D eigenvalue weighted by molar-refractivity contribution is 4.77. The number of hydrogen-bond donors (Lipinski definition) is 1. The van der Waals surface area contributed by atoms with Crippen molar-refractivity contribution in [1.29, 1.82) is 0 Å². The maximum absolute atomic E-state index is 9.82. The molecule has 0 bridgehead atoms. The van der Waals surface area contributed by atoms with Crippen LogP contribution in [0.3, 0.4) is 0 Å². The molecule has 90 valence electrons. The van der Waals surface area contributed by atoms with Crippen LogP contribution in [0.2, 0.25) is 0 Å². The second-order valence-corrected chi connectivity index (χ2v) is 4.44. The normalized spacial score (nSPS) is 25.8. The molecule has 0 aromatic heterocycles. The van der Waals surface area contributed by atoms with Crippen LogP contribution in [0.4, 0.5) is 0 Å². The SMILES string of the molecule is CCC(O)C(C)N(CC)CC1CCCO1. The number of ether oxygens (including phenoxy) is 1. The van der Waals surface area contributed by atoms with Crippen LogP contribution in [-0.2, 0) is 4.74 Å². The summed E-state index contributed by atoms with van der Waals surface area (Å²) in [6, 6.07) is 0.240. The second kappa shape index (κ2) is 6.46. The third-order valence-electron chi connectivity index (χ3n) is 3.42. The van der Waals surface area contributed by atoms with Gasteiger partial charge in [0.1, 0.15) is 0 Å². The van der Waals surface area contributed by atoms with E-state index in [-0.39, 0.29) is 12.1 Å². The van der Waals surface area contributed by atoms with Crippen LogP contribution in [0.25, 0.3) is 0 Å². The van der Waals surface area contributed by atoms with E-state index in [1.54, 1.807) is 0 Å². The summed E-state index contributed by atoms with van der Waals surface area (Å²) >= 11 is 0. The van der Waals surface area contributed by atoms with Gasteiger partial charge in [0, 0.05) is 19.2 Å². The predicted octanol–water partition coefficient (Wildman–Crippen LogP) is 1.65. The van der Waals surface area contributed by atoms with Crippen LogP contribution in [0, 0.1) is 0 Å². The molecule has 0 aromatic carbocycles. The quantitative estimate of drug-likeness (QED) is 0.731. The van der Waals surface area contributed by atoms with Gasteiger partial charge in [-0.25, -0.2) is 0 Å². The molecule has 0 aromatic rings. The summed E-state index contributed by atoms with van der Waals surface area (Å²) in [5.41, 5.74) is 0. The van der Waals surface area contributed by atoms with Crippen molar-refractivity contribution in [2.75, 3.05) is 19.7 Å². The van der Waals surface area contributed by atoms with Gasteiger partial charge in [0.25, 0.3) is 0 Å². The monoisotopic (exact) mass is 215 g/mol. The average molecular weight is 215 g/mol. The molecule has 1 heterocycles. The largest absolute Gasteiger partial charge is 0.392 e. The highest BCUT2D eigenvalue weighted by Gasteiger charge is 2.24. The lowest BCUT2D eigenvalue weighted by molar-refractivity contribution is 0.0185. The molecular formula is C12H25NO2. The van der Waals surface area contributed by atoms with Gasteiger partial charge in [-0.1, -0.05) is 13.8 Å². The summed E-state index contributed by atoms with van der Waals surface area (Å²) < 4.78 is 5.63. The number of likely N-dealkylation sites (N-methyl/N-ethyl adjacent to an activating group) is 1. The van der Waals surface area contributed by atoms with Gasteiger partial charge in [0.05, 0.1) is 12.2 Å². The lowest BCUT2D eigenvalue weighted by atomic mass is 10.1. The van der Waals surface area contributed by atoms with Crippen LogP contribution < -0.4 is 0 Å². The molecular weight excluding hydrogens is 190 g/mol. The Labute approximate surface area is 93.4 Å². The predicted molar refractivity (Wildman–Crippen MR) is 62.0 cm³/mol. The average Bonchev–Trinajstić information content (AvgIpc) is 2.76. The summed E-state index contributed by atoms with van der Waals surface area (Å²) in [6.45, 7) is 9.14. The van der Waals surface area contributed by atoms with Gasteiger partial charge < -0.3 is 9.84 Å². The Morgan fingerprint density at radius 3 is 2.67 bits per heavy atom. The molecule has 1 aliphatic heterocycles. The van der Waals surface area contributed by atoms with Crippen molar-refractivity contribution in [3.05, 3.63) is 0 Å². The third-order valence-corrected chi connectivity index (χ3v) is 3.42. The maximum atomic E-state index is 9.82. The van der Waals surface area contributed by atoms with E-state index in [0.717, 1.165) is 26.1 Å². The molecule has 1 rings (SSSR count). The van der Waals surface area contributed by atoms with Crippen LogP contribution >= 0.6 is 0 Å². The third kappa shape index (κ3) is 3.74. The number of nitrogens with zero attached hydrogens (tertiary/aromatic N) is 1. The van der Waals surface area contributed by atoms with Crippen molar-refractivity contribution in [2.24, 2.45) is 0 Å². The lowest BCUT2D eigenvalue weighted by Gasteiger charge is -2.32. The maximum Gasteiger partial charge on any atom is 0.0702 e. The molecule has 0 spiro atoms. The highest BCUT2D eigenvalue weighted by Crippen LogP contribution is 2.16. The molecule has 3 nitrogen and oxygen atoms in total. The van der Waals surface area contributed by atoms with Crippen molar-refractivity contribution in [3.63, 3.8) is 0 Å². The van der Waals surface area contributed by atoms with Crippen molar-refractivity contribution >= 4 is 0 Å². The molecule has 0 aliphatic carbocycles. The number of aliphatic hydroxyl groups excluding tert-OH is 1. The van der Waals surface area contributed by atoms with Crippen LogP contribution in [0.1, 0.15) is 40.0 Å². The summed E-state index contributed by atoms with van der Waals surface area (Å²) in [7, 11) is 0. The molecule has 1 N–H and O–H groups in total. The zero-order valence-corrected chi connectivity index (χ0v) is 10.3. The van der Waals surface area contributed by atoms with E-state index in [4.69, 9.17) is 4.74 Å². The standard InChI is InChI=1S/C12H25NO2/c1-4-12(14)10(3)13(5-2)9-11-7-6-8-15-11/h10-12,14H,4-9H2,1-3H3. The first kappa shape index (κ1) is 12.9. The Kier molecular flexibility index (Phi) is 5.58. The van der Waals surface area contributed by atoms with Crippen molar-refractivity contribution in [1.82, 2.24) is 4.90 Å². The van der Waals surface area contributed by atoms with Crippen molar-refractivity contribution in [3.8, 4) is 0 Å². The smallest absolute Gasteiger partial charge is 0.0702 e. The van der Waals surface area contributed by atoms with Crippen LogP contribution in [0.5, 0.6) is 0 Å². The summed E-state index contributed by atoms with van der Waals surface area (Å²) in [6.07, 6.45) is 3.35. The minimum atomic E-state index is -0.216. The molecule has 3 atom stereocenters. The molecule has 1 aliphatic rings. The Morgan fingerprint density at radius 2 is 2.20 bits per heavy atom.